The van der Waals surface area contributed by atoms with Crippen LogP contribution in [0.1, 0.15) is 34.5 Å². The van der Waals surface area contributed by atoms with Crippen LogP contribution in [-0.2, 0) is 19.1 Å². The standard InChI is InChI=1S/C18H12ClF8N7O/c1-33-12(11(17(22,23)24)13(30-33)16(20,21)18(25,26)27)14-29-32-34(31-14)8-4-5-10(19)9(6-8)15(35)28-7-2-3-7/h4-7H,2-3H2,1H3,(H,28,35). The monoisotopic (exact) mass is 529 g/mol. The minimum absolute atomic E-state index is 0.00136. The molecule has 0 radical (unpaired) electrons. The molecule has 0 unspecified atom stereocenters. The molecule has 0 bridgehead atoms. The summed E-state index contributed by atoms with van der Waals surface area (Å²) in [4.78, 5) is 13.0. The molecule has 17 heteroatoms. The minimum atomic E-state index is -6.34. The summed E-state index contributed by atoms with van der Waals surface area (Å²) < 4.78 is 107. The van der Waals surface area contributed by atoms with Gasteiger partial charge in [-0.15, -0.1) is 15.0 Å². The highest BCUT2D eigenvalue weighted by Gasteiger charge is 2.64. The van der Waals surface area contributed by atoms with Gasteiger partial charge in [0.1, 0.15) is 11.3 Å². The summed E-state index contributed by atoms with van der Waals surface area (Å²) in [6.45, 7) is 0. The smallest absolute Gasteiger partial charge is 0.349 e. The molecule has 1 N–H and O–H groups in total. The summed E-state index contributed by atoms with van der Waals surface area (Å²) in [5.74, 6) is -7.37. The number of benzene rings is 1. The molecule has 0 saturated heterocycles. The fraction of sp³-hybridized carbons (Fsp3) is 0.389. The number of nitrogens with zero attached hydrogens (tertiary/aromatic N) is 6. The summed E-state index contributed by atoms with van der Waals surface area (Å²) in [6, 6.07) is 3.78. The Hall–Kier alpha value is -3.30. The van der Waals surface area contributed by atoms with E-state index in [1.54, 1.807) is 0 Å². The zero-order chi connectivity index (χ0) is 25.9. The number of rotatable bonds is 5. The number of nitrogens with one attached hydrogen (secondary N) is 1. The van der Waals surface area contributed by atoms with Gasteiger partial charge in [-0.25, -0.2) is 0 Å². The Bertz CT molecular complexity index is 1290. The van der Waals surface area contributed by atoms with Crippen molar-refractivity contribution in [1.82, 2.24) is 35.3 Å². The predicted molar refractivity (Wildman–Crippen MR) is 102 cm³/mol. The van der Waals surface area contributed by atoms with Gasteiger partial charge < -0.3 is 5.32 Å². The average Bonchev–Trinajstić information content (AvgIpc) is 3.27. The Balaban J connectivity index is 1.79. The third-order valence-electron chi connectivity index (χ3n) is 4.95. The molecule has 2 heterocycles. The number of carbonyl (C=O) groups is 1. The number of amides is 1. The van der Waals surface area contributed by atoms with Crippen LogP contribution >= 0.6 is 11.6 Å². The Kier molecular flexibility index (Phi) is 5.77. The van der Waals surface area contributed by atoms with E-state index in [4.69, 9.17) is 11.6 Å². The molecule has 1 fully saturated rings. The van der Waals surface area contributed by atoms with Gasteiger partial charge in [0.15, 0.2) is 5.69 Å². The lowest BCUT2D eigenvalue weighted by Crippen LogP contribution is -2.36. The fourth-order valence-electron chi connectivity index (χ4n) is 3.12. The van der Waals surface area contributed by atoms with E-state index in [0.717, 1.165) is 19.9 Å². The van der Waals surface area contributed by atoms with Crippen molar-refractivity contribution in [3.05, 3.63) is 40.0 Å². The topological polar surface area (TPSA) is 90.5 Å². The number of hydrogen-bond acceptors (Lipinski definition) is 5. The lowest BCUT2D eigenvalue weighted by atomic mass is 10.1. The molecule has 1 amide bonds. The number of alkyl halides is 8. The van der Waals surface area contributed by atoms with Crippen molar-refractivity contribution in [2.45, 2.75) is 37.2 Å². The molecular weight excluding hydrogens is 518 g/mol. The highest BCUT2D eigenvalue weighted by Crippen LogP contribution is 2.49. The van der Waals surface area contributed by atoms with E-state index in [9.17, 15) is 39.9 Å². The second-order valence-corrected chi connectivity index (χ2v) is 7.99. The quantitative estimate of drug-likeness (QED) is 0.498. The van der Waals surface area contributed by atoms with Crippen molar-refractivity contribution in [1.29, 1.82) is 0 Å². The summed E-state index contributed by atoms with van der Waals surface area (Å²) in [5.41, 5.74) is -6.16. The molecule has 4 rings (SSSR count). The van der Waals surface area contributed by atoms with Crippen molar-refractivity contribution in [2.75, 3.05) is 0 Å². The van der Waals surface area contributed by atoms with Crippen LogP contribution in [0.3, 0.4) is 0 Å². The molecule has 2 aromatic heterocycles. The number of halogens is 9. The Morgan fingerprint density at radius 3 is 2.31 bits per heavy atom. The van der Waals surface area contributed by atoms with Gasteiger partial charge in [-0.2, -0.15) is 40.2 Å². The van der Waals surface area contributed by atoms with Crippen LogP contribution in [0.2, 0.25) is 5.02 Å². The zero-order valence-electron chi connectivity index (χ0n) is 17.2. The van der Waals surface area contributed by atoms with E-state index in [0.29, 0.717) is 4.80 Å². The Morgan fingerprint density at radius 2 is 1.74 bits per heavy atom. The van der Waals surface area contributed by atoms with Crippen LogP contribution < -0.4 is 5.32 Å². The molecule has 1 aromatic carbocycles. The molecule has 1 saturated carbocycles. The van der Waals surface area contributed by atoms with E-state index in [1.165, 1.54) is 18.2 Å². The van der Waals surface area contributed by atoms with Crippen LogP contribution in [-0.4, -0.2) is 48.1 Å². The maximum absolute atomic E-state index is 13.9. The SMILES string of the molecule is Cn1nc(C(F)(F)C(F)(F)F)c(C(F)(F)F)c1-c1nnn(-c2ccc(Cl)c(C(=O)NC3CC3)c2)n1. The van der Waals surface area contributed by atoms with Gasteiger partial charge in [-0.05, 0) is 36.3 Å². The molecule has 1 aliphatic rings. The zero-order valence-corrected chi connectivity index (χ0v) is 18.0. The van der Waals surface area contributed by atoms with Crippen LogP contribution in [0.15, 0.2) is 18.2 Å². The van der Waals surface area contributed by atoms with Gasteiger partial charge in [0, 0.05) is 13.1 Å². The van der Waals surface area contributed by atoms with Gasteiger partial charge in [-0.1, -0.05) is 11.6 Å². The van der Waals surface area contributed by atoms with Crippen molar-refractivity contribution in [3.8, 4) is 17.2 Å². The normalized spacial score (nSPS) is 14.9. The third-order valence-corrected chi connectivity index (χ3v) is 5.28. The van der Waals surface area contributed by atoms with Gasteiger partial charge in [0.2, 0.25) is 5.82 Å². The molecule has 35 heavy (non-hydrogen) atoms. The van der Waals surface area contributed by atoms with Gasteiger partial charge >= 0.3 is 18.3 Å². The Labute approximate surface area is 194 Å². The number of aromatic nitrogens is 6. The van der Waals surface area contributed by atoms with Crippen LogP contribution in [0, 0.1) is 0 Å². The van der Waals surface area contributed by atoms with Crippen LogP contribution in [0.25, 0.3) is 17.2 Å². The van der Waals surface area contributed by atoms with Crippen LogP contribution in [0.4, 0.5) is 35.1 Å². The van der Waals surface area contributed by atoms with E-state index in [-0.39, 0.29) is 27.0 Å². The van der Waals surface area contributed by atoms with Crippen molar-refractivity contribution in [2.24, 2.45) is 7.05 Å². The molecule has 0 aliphatic heterocycles. The summed E-state index contributed by atoms with van der Waals surface area (Å²) >= 11 is 6.03. The second-order valence-electron chi connectivity index (χ2n) is 7.58. The first kappa shape index (κ1) is 24.8. The van der Waals surface area contributed by atoms with E-state index < -0.39 is 47.0 Å². The predicted octanol–water partition coefficient (Wildman–Crippen LogP) is 4.28. The number of carbonyl (C=O) groups excluding carboxylic acids is 1. The number of tetrazole rings is 1. The highest BCUT2D eigenvalue weighted by atomic mass is 35.5. The summed E-state index contributed by atoms with van der Waals surface area (Å²) in [6.07, 6.45) is -10.4. The largest absolute Gasteiger partial charge is 0.459 e. The lowest BCUT2D eigenvalue weighted by Gasteiger charge is -2.19. The average molecular weight is 530 g/mol. The van der Waals surface area contributed by atoms with E-state index >= 15 is 0 Å². The summed E-state index contributed by atoms with van der Waals surface area (Å²) in [7, 11) is 0.726. The van der Waals surface area contributed by atoms with Crippen LogP contribution in [0.5, 0.6) is 0 Å². The van der Waals surface area contributed by atoms with E-state index in [1.807, 2.05) is 0 Å². The molecular formula is C18H12ClF8N7O. The van der Waals surface area contributed by atoms with Crippen molar-refractivity contribution >= 4 is 17.5 Å². The third kappa shape index (κ3) is 4.53. The van der Waals surface area contributed by atoms with E-state index in [2.05, 4.69) is 25.8 Å². The van der Waals surface area contributed by atoms with Crippen molar-refractivity contribution < 1.29 is 39.9 Å². The first-order valence-electron chi connectivity index (χ1n) is 9.61. The molecule has 8 nitrogen and oxygen atoms in total. The molecule has 0 spiro atoms. The maximum Gasteiger partial charge on any atom is 0.459 e. The molecule has 1 aliphatic carbocycles. The minimum Gasteiger partial charge on any atom is -0.349 e. The number of aryl methyl sites for hydroxylation is 1. The highest BCUT2D eigenvalue weighted by molar-refractivity contribution is 6.33. The van der Waals surface area contributed by atoms with Gasteiger partial charge in [0.05, 0.1) is 16.3 Å². The maximum atomic E-state index is 13.9. The molecule has 188 valence electrons. The van der Waals surface area contributed by atoms with Crippen molar-refractivity contribution in [3.63, 3.8) is 0 Å². The fourth-order valence-corrected chi connectivity index (χ4v) is 3.33. The lowest BCUT2D eigenvalue weighted by molar-refractivity contribution is -0.292. The molecule has 3 aromatic rings. The first-order chi connectivity index (χ1) is 16.1. The second kappa shape index (κ2) is 8.13. The summed E-state index contributed by atoms with van der Waals surface area (Å²) in [5, 5.41) is 16.1. The Morgan fingerprint density at radius 1 is 1.09 bits per heavy atom. The van der Waals surface area contributed by atoms with Gasteiger partial charge in [0.25, 0.3) is 5.91 Å². The first-order valence-corrected chi connectivity index (χ1v) is 9.99. The molecule has 0 atom stereocenters. The number of hydrogen-bond donors (Lipinski definition) is 1. The van der Waals surface area contributed by atoms with Gasteiger partial charge in [-0.3, -0.25) is 9.48 Å².